The molecule has 0 radical (unpaired) electrons. The van der Waals surface area contributed by atoms with Crippen LogP contribution in [0.2, 0.25) is 15.5 Å². The summed E-state index contributed by atoms with van der Waals surface area (Å²) in [5.74, 6) is -0.601. The highest BCUT2D eigenvalue weighted by molar-refractivity contribution is 6.62. The SMILES string of the molecule is Clc1cc(Cl)ncn1.Cn1cc(-c2cc(Cl)ncn2)cn1.Cn1cc(-c2cc(Oc3ccc(N)c(F)c3)ncn2)cn1.Cn1cc(B2OC(C)(C)C(C)(C)O2)cn1.Nc1ccc(O)cc1F. The zero-order chi connectivity index (χ0) is 48.2. The summed E-state index contributed by atoms with van der Waals surface area (Å²) in [5.41, 5.74) is 14.3. The van der Waals surface area contributed by atoms with Crippen LogP contribution in [0.15, 0.2) is 111 Å². The number of halogens is 5. The number of nitrogens with zero attached hydrogens (tertiary/aromatic N) is 12. The van der Waals surface area contributed by atoms with Gasteiger partial charge in [-0.2, -0.15) is 15.3 Å². The standard InChI is InChI=1S/C14H12FN5O.C10H17BN2O2.C8H7ClN4.C6H6FNO.C4H2Cl2N2/c1-20-7-9(6-19-20)13-5-14(18-8-17-13)21-10-2-3-12(16)11(15)4-10;1-9(2)10(3,4)15-11(14-9)8-6-12-13(5)7-8;1-13-4-6(3-12-13)7-2-8(9)11-5-10-7;7-5-3-4(9)1-2-6(5)8;5-3-1-4(6)8-2-7-3/h2-8H,16H2,1H3;6-7H,1-5H3;2-5H,1H3;1-3,9H,8H2;1-2H. The molecular formula is C42H44BCl3F2N14O4. The Morgan fingerprint density at radius 2 is 1.08 bits per heavy atom. The summed E-state index contributed by atoms with van der Waals surface area (Å²) in [6.45, 7) is 8.18. The predicted molar refractivity (Wildman–Crippen MR) is 248 cm³/mol. The van der Waals surface area contributed by atoms with Crippen molar-refractivity contribution in [3.63, 3.8) is 0 Å². The van der Waals surface area contributed by atoms with Gasteiger partial charge in [0.05, 0.1) is 46.4 Å². The van der Waals surface area contributed by atoms with Gasteiger partial charge in [0.15, 0.2) is 0 Å². The van der Waals surface area contributed by atoms with Gasteiger partial charge in [0, 0.05) is 92.9 Å². The highest BCUT2D eigenvalue weighted by Crippen LogP contribution is 2.36. The second-order valence-electron chi connectivity index (χ2n) is 15.0. The third kappa shape index (κ3) is 14.6. The molecule has 7 heterocycles. The number of nitrogen functional groups attached to an aromatic ring is 2. The molecule has 0 unspecified atom stereocenters. The first-order valence-electron chi connectivity index (χ1n) is 19.4. The van der Waals surface area contributed by atoms with Gasteiger partial charge in [0.1, 0.15) is 57.6 Å². The van der Waals surface area contributed by atoms with Gasteiger partial charge in [0.2, 0.25) is 5.88 Å². The Morgan fingerprint density at radius 1 is 0.606 bits per heavy atom. The Morgan fingerprint density at radius 3 is 1.52 bits per heavy atom. The number of ether oxygens (including phenoxy) is 1. The Bertz CT molecular complexity index is 2820. The maximum absolute atomic E-state index is 13.4. The first-order chi connectivity index (χ1) is 31.2. The average Bonchev–Trinajstić information content (AvgIpc) is 4.06. The quantitative estimate of drug-likeness (QED) is 0.0655. The molecule has 18 nitrogen and oxygen atoms in total. The van der Waals surface area contributed by atoms with Crippen LogP contribution in [0.5, 0.6) is 17.4 Å². The largest absolute Gasteiger partial charge is 0.508 e. The Balaban J connectivity index is 0.000000162. The third-order valence-electron chi connectivity index (χ3n) is 9.31. The number of nitrogens with two attached hydrogens (primary N) is 2. The van der Waals surface area contributed by atoms with E-state index in [1.54, 1.807) is 50.8 Å². The second kappa shape index (κ2) is 22.4. The van der Waals surface area contributed by atoms with Crippen molar-refractivity contribution < 1.29 is 27.9 Å². The minimum absolute atomic E-state index is 0.0489. The van der Waals surface area contributed by atoms with E-state index in [0.29, 0.717) is 32.8 Å². The van der Waals surface area contributed by atoms with Crippen molar-refractivity contribution in [2.75, 3.05) is 11.5 Å². The van der Waals surface area contributed by atoms with Crippen molar-refractivity contribution in [3.8, 4) is 39.9 Å². The van der Waals surface area contributed by atoms with Crippen LogP contribution in [0.4, 0.5) is 20.2 Å². The van der Waals surface area contributed by atoms with E-state index in [1.807, 2.05) is 67.4 Å². The maximum Gasteiger partial charge on any atom is 0.498 e. The molecule has 0 amide bonds. The maximum atomic E-state index is 13.4. The van der Waals surface area contributed by atoms with Crippen LogP contribution >= 0.6 is 34.8 Å². The van der Waals surface area contributed by atoms with Crippen LogP contribution in [-0.2, 0) is 30.5 Å². The molecule has 9 rings (SSSR count). The molecular weight excluding hydrogens is 920 g/mol. The molecule has 1 fully saturated rings. The summed E-state index contributed by atoms with van der Waals surface area (Å²) < 4.78 is 48.1. The lowest BCUT2D eigenvalue weighted by Gasteiger charge is -2.32. The summed E-state index contributed by atoms with van der Waals surface area (Å²) in [5, 5.41) is 22.0. The Kier molecular flexibility index (Phi) is 17.1. The molecule has 2 aromatic carbocycles. The van der Waals surface area contributed by atoms with Crippen LogP contribution in [0.1, 0.15) is 27.7 Å². The number of rotatable bonds is 5. The first-order valence-corrected chi connectivity index (χ1v) is 20.5. The van der Waals surface area contributed by atoms with Crippen LogP contribution in [0, 0.1) is 11.6 Å². The van der Waals surface area contributed by atoms with Crippen molar-refractivity contribution in [2.24, 2.45) is 21.1 Å². The molecule has 0 aliphatic carbocycles. The summed E-state index contributed by atoms with van der Waals surface area (Å²) in [7, 11) is 5.25. The van der Waals surface area contributed by atoms with E-state index in [9.17, 15) is 8.78 Å². The fourth-order valence-corrected chi connectivity index (χ4v) is 5.71. The smallest absolute Gasteiger partial charge is 0.498 e. The number of phenols is 1. The fourth-order valence-electron chi connectivity index (χ4n) is 5.21. The lowest BCUT2D eigenvalue weighted by molar-refractivity contribution is 0.00578. The second-order valence-corrected chi connectivity index (χ2v) is 16.1. The van der Waals surface area contributed by atoms with E-state index in [2.05, 4.69) is 45.2 Å². The van der Waals surface area contributed by atoms with E-state index in [0.717, 1.165) is 28.4 Å². The van der Waals surface area contributed by atoms with E-state index < -0.39 is 11.6 Å². The molecule has 8 aromatic rings. The molecule has 0 atom stereocenters. The Labute approximate surface area is 393 Å². The molecule has 66 heavy (non-hydrogen) atoms. The van der Waals surface area contributed by atoms with E-state index in [-0.39, 0.29) is 35.4 Å². The first kappa shape index (κ1) is 50.2. The number of hydrogen-bond donors (Lipinski definition) is 3. The number of benzene rings is 2. The molecule has 5 N–H and O–H groups in total. The van der Waals surface area contributed by atoms with E-state index >= 15 is 0 Å². The highest BCUT2D eigenvalue weighted by Gasteiger charge is 2.52. The van der Waals surface area contributed by atoms with Gasteiger partial charge in [-0.05, 0) is 52.0 Å². The summed E-state index contributed by atoms with van der Waals surface area (Å²) >= 11 is 16.5. The highest BCUT2D eigenvalue weighted by atomic mass is 35.5. The number of anilines is 2. The number of phenolic OH excluding ortho intramolecular Hbond substituents is 1. The lowest BCUT2D eigenvalue weighted by Crippen LogP contribution is -2.41. The van der Waals surface area contributed by atoms with Crippen molar-refractivity contribution in [2.45, 2.75) is 38.9 Å². The number of aryl methyl sites for hydroxylation is 3. The minimum Gasteiger partial charge on any atom is -0.508 e. The fraction of sp³-hybridized carbons (Fsp3) is 0.214. The summed E-state index contributed by atoms with van der Waals surface area (Å²) in [4.78, 5) is 23.3. The third-order valence-corrected chi connectivity index (χ3v) is 9.93. The average molecular weight is 964 g/mol. The zero-order valence-electron chi connectivity index (χ0n) is 36.6. The molecule has 1 aliphatic rings. The molecule has 1 saturated heterocycles. The number of aromatic hydroxyl groups is 1. The predicted octanol–water partition coefficient (Wildman–Crippen LogP) is 7.54. The molecule has 0 saturated carbocycles. The van der Waals surface area contributed by atoms with Gasteiger partial charge in [-0.3, -0.25) is 14.0 Å². The van der Waals surface area contributed by atoms with Crippen LogP contribution < -0.4 is 21.7 Å². The van der Waals surface area contributed by atoms with Gasteiger partial charge < -0.3 is 30.6 Å². The van der Waals surface area contributed by atoms with E-state index in [1.165, 1.54) is 49.3 Å². The van der Waals surface area contributed by atoms with Crippen molar-refractivity contribution >= 4 is 58.8 Å². The van der Waals surface area contributed by atoms with Crippen molar-refractivity contribution in [1.82, 2.24) is 59.2 Å². The van der Waals surface area contributed by atoms with Crippen LogP contribution in [0.3, 0.4) is 0 Å². The monoisotopic (exact) mass is 962 g/mol. The van der Waals surface area contributed by atoms with E-state index in [4.69, 9.17) is 65.4 Å². The molecule has 0 bridgehead atoms. The van der Waals surface area contributed by atoms with Gasteiger partial charge in [-0.15, -0.1) is 0 Å². The number of aromatic nitrogens is 12. The molecule has 24 heteroatoms. The van der Waals surface area contributed by atoms with Gasteiger partial charge in [0.25, 0.3) is 0 Å². The summed E-state index contributed by atoms with van der Waals surface area (Å²) in [6.07, 6.45) is 15.0. The Hall–Kier alpha value is -6.78. The molecule has 1 aliphatic heterocycles. The minimum atomic E-state index is -0.588. The van der Waals surface area contributed by atoms with Crippen LogP contribution in [-0.4, -0.2) is 82.7 Å². The van der Waals surface area contributed by atoms with Crippen molar-refractivity contribution in [1.29, 1.82) is 0 Å². The normalized spacial score (nSPS) is 13.1. The lowest BCUT2D eigenvalue weighted by atomic mass is 9.82. The molecule has 0 spiro atoms. The topological polar surface area (TPSA) is 231 Å². The zero-order valence-corrected chi connectivity index (χ0v) is 38.8. The van der Waals surface area contributed by atoms with Gasteiger partial charge >= 0.3 is 7.12 Å². The molecule has 344 valence electrons. The molecule has 6 aromatic heterocycles. The van der Waals surface area contributed by atoms with Gasteiger partial charge in [-0.1, -0.05) is 34.8 Å². The van der Waals surface area contributed by atoms with Crippen molar-refractivity contribution in [3.05, 3.63) is 138 Å². The van der Waals surface area contributed by atoms with Crippen LogP contribution in [0.25, 0.3) is 22.5 Å². The number of hydrogen-bond acceptors (Lipinski definition) is 15. The van der Waals surface area contributed by atoms with Gasteiger partial charge in [-0.25, -0.2) is 38.7 Å². The summed E-state index contributed by atoms with van der Waals surface area (Å²) in [6, 6.07) is 12.7.